The Hall–Kier alpha value is -0.913. The van der Waals surface area contributed by atoms with Crippen molar-refractivity contribution >= 4 is 22.2 Å². The van der Waals surface area contributed by atoms with Crippen LogP contribution in [0.25, 0.3) is 6.08 Å². The van der Waals surface area contributed by atoms with Crippen molar-refractivity contribution in [3.8, 4) is 5.75 Å². The lowest BCUT2D eigenvalue weighted by Crippen LogP contribution is -2.40. The molecule has 7 heteroatoms. The third-order valence-corrected chi connectivity index (χ3v) is 10.7. The highest BCUT2D eigenvalue weighted by Crippen LogP contribution is 2.46. The smallest absolute Gasteiger partial charge is 0.192 e. The van der Waals surface area contributed by atoms with E-state index in [2.05, 4.69) is 61.2 Å². The lowest BCUT2D eigenvalue weighted by atomic mass is 9.74. The molecule has 0 unspecified atom stereocenters. The molecule has 0 bridgehead atoms. The van der Waals surface area contributed by atoms with Crippen LogP contribution in [0.5, 0.6) is 5.75 Å². The van der Waals surface area contributed by atoms with Crippen LogP contribution in [-0.2, 0) is 26.4 Å². The molecular formula is C23H39O5PSi-2. The van der Waals surface area contributed by atoms with Gasteiger partial charge in [-0.25, -0.2) is 0 Å². The average molecular weight is 455 g/mol. The van der Waals surface area contributed by atoms with Gasteiger partial charge in [0.15, 0.2) is 8.32 Å². The third-order valence-electron chi connectivity index (χ3n) is 5.79. The zero-order chi connectivity index (χ0) is 23.9. The van der Waals surface area contributed by atoms with Gasteiger partial charge < -0.3 is 23.3 Å². The Kier molecular flexibility index (Phi) is 7.73. The number of hydrogen-bond donors (Lipinski definition) is 0. The molecule has 1 aromatic rings. The first-order chi connectivity index (χ1) is 13.1. The zero-order valence-corrected chi connectivity index (χ0v) is 22.5. The topological polar surface area (TPSA) is 81.7 Å². The number of rotatable bonds is 6. The third kappa shape index (κ3) is 6.54. The SMILES string of the molecule is C=Cc1c(C(C)(C)C)cc(OP(=O)([O-])[O-])c(CO[Si](C)(C)C(C)(C)C)c1C(C)(C)C. The first-order valence-electron chi connectivity index (χ1n) is 10.3. The molecule has 0 aromatic heterocycles. The second-order valence-corrected chi connectivity index (χ2v) is 17.4. The van der Waals surface area contributed by atoms with Gasteiger partial charge in [-0.2, -0.15) is 0 Å². The van der Waals surface area contributed by atoms with Gasteiger partial charge in [0.05, 0.1) is 6.61 Å². The zero-order valence-electron chi connectivity index (χ0n) is 20.6. The van der Waals surface area contributed by atoms with Gasteiger partial charge in [-0.1, -0.05) is 75.0 Å². The van der Waals surface area contributed by atoms with E-state index in [4.69, 9.17) is 8.95 Å². The van der Waals surface area contributed by atoms with Crippen LogP contribution in [0.4, 0.5) is 0 Å². The molecule has 1 aromatic carbocycles. The largest absolute Gasteiger partial charge is 0.780 e. The Morgan fingerprint density at radius 2 is 1.53 bits per heavy atom. The van der Waals surface area contributed by atoms with Gasteiger partial charge in [0, 0.05) is 5.56 Å². The van der Waals surface area contributed by atoms with Crippen molar-refractivity contribution in [1.29, 1.82) is 0 Å². The Labute approximate surface area is 184 Å². The van der Waals surface area contributed by atoms with Crippen LogP contribution in [0, 0.1) is 0 Å². The molecule has 0 N–H and O–H groups in total. The minimum Gasteiger partial charge on any atom is -0.780 e. The molecule has 5 nitrogen and oxygen atoms in total. The van der Waals surface area contributed by atoms with Crippen molar-refractivity contribution in [3.63, 3.8) is 0 Å². The highest BCUT2D eigenvalue weighted by atomic mass is 31.2. The average Bonchev–Trinajstić information content (AvgIpc) is 2.47. The van der Waals surface area contributed by atoms with Crippen LogP contribution < -0.4 is 14.3 Å². The van der Waals surface area contributed by atoms with Gasteiger partial charge in [-0.15, -0.1) is 0 Å². The van der Waals surface area contributed by atoms with Crippen LogP contribution in [0.2, 0.25) is 18.1 Å². The summed E-state index contributed by atoms with van der Waals surface area (Å²) < 4.78 is 23.0. The summed E-state index contributed by atoms with van der Waals surface area (Å²) in [6, 6.07) is 1.67. The van der Waals surface area contributed by atoms with E-state index in [1.807, 2.05) is 20.8 Å². The molecule has 30 heavy (non-hydrogen) atoms. The van der Waals surface area contributed by atoms with Crippen LogP contribution in [0.1, 0.15) is 84.6 Å². The molecule has 0 atom stereocenters. The summed E-state index contributed by atoms with van der Waals surface area (Å²) in [5, 5.41) is -0.0190. The maximum absolute atomic E-state index is 11.6. The molecule has 0 aliphatic carbocycles. The fourth-order valence-corrected chi connectivity index (χ4v) is 4.56. The van der Waals surface area contributed by atoms with E-state index in [0.717, 1.165) is 16.7 Å². The van der Waals surface area contributed by atoms with E-state index in [0.29, 0.717) is 5.56 Å². The van der Waals surface area contributed by atoms with E-state index in [1.165, 1.54) is 0 Å². The normalized spacial score (nSPS) is 14.0. The quantitative estimate of drug-likeness (QED) is 0.409. The molecule has 0 fully saturated rings. The van der Waals surface area contributed by atoms with E-state index >= 15 is 0 Å². The molecule has 0 amide bonds. The van der Waals surface area contributed by atoms with Crippen molar-refractivity contribution in [2.75, 3.05) is 0 Å². The van der Waals surface area contributed by atoms with E-state index in [9.17, 15) is 14.4 Å². The second-order valence-electron chi connectivity index (χ2n) is 11.5. The standard InChI is InChI=1S/C23H41O5PSi/c1-13-16-18(21(2,3)4)14-19(28-29(24,25)26)17(20(16)22(5,6)7)15-27-30(11,12)23(8,9)10/h13-14H,1,15H2,2-12H3,(H2,24,25,26)/p-2. The predicted octanol–water partition coefficient (Wildman–Crippen LogP) is 5.65. The Morgan fingerprint density at radius 1 is 1.03 bits per heavy atom. The highest BCUT2D eigenvalue weighted by molar-refractivity contribution is 7.43. The summed E-state index contributed by atoms with van der Waals surface area (Å²) in [5.41, 5.74) is 2.64. The molecule has 0 aliphatic heterocycles. The fourth-order valence-electron chi connectivity index (χ4n) is 3.22. The van der Waals surface area contributed by atoms with Gasteiger partial charge in [0.2, 0.25) is 0 Å². The van der Waals surface area contributed by atoms with Crippen molar-refractivity contribution in [3.05, 3.63) is 34.9 Å². The Balaban J connectivity index is 3.90. The maximum atomic E-state index is 11.6. The van der Waals surface area contributed by atoms with Crippen molar-refractivity contribution in [2.45, 2.75) is 97.9 Å². The maximum Gasteiger partial charge on any atom is 0.192 e. The summed E-state index contributed by atoms with van der Waals surface area (Å²) in [4.78, 5) is 23.2. The second kappa shape index (κ2) is 8.55. The Bertz CT molecular complexity index is 833. The summed E-state index contributed by atoms with van der Waals surface area (Å²) >= 11 is 0. The summed E-state index contributed by atoms with van der Waals surface area (Å²) in [5.74, 6) is 0.0579. The van der Waals surface area contributed by atoms with Crippen LogP contribution in [-0.4, -0.2) is 8.32 Å². The van der Waals surface area contributed by atoms with Gasteiger partial charge in [-0.05, 0) is 51.7 Å². The molecule has 0 saturated heterocycles. The molecule has 1 rings (SSSR count). The molecule has 0 saturated carbocycles. The molecule has 0 radical (unpaired) electrons. The number of benzene rings is 1. The molecule has 0 spiro atoms. The van der Waals surface area contributed by atoms with Crippen LogP contribution in [0.15, 0.2) is 12.6 Å². The fraction of sp³-hybridized carbons (Fsp3) is 0.652. The Morgan fingerprint density at radius 3 is 1.87 bits per heavy atom. The first-order valence-corrected chi connectivity index (χ1v) is 14.7. The monoisotopic (exact) mass is 454 g/mol. The van der Waals surface area contributed by atoms with Gasteiger partial charge in [0.25, 0.3) is 0 Å². The van der Waals surface area contributed by atoms with Crippen molar-refractivity contribution in [2.24, 2.45) is 0 Å². The number of hydrogen-bond acceptors (Lipinski definition) is 5. The summed E-state index contributed by atoms with van der Waals surface area (Å²) in [6.45, 7) is 27.1. The number of phosphoric ester groups is 1. The van der Waals surface area contributed by atoms with Crippen molar-refractivity contribution in [1.82, 2.24) is 0 Å². The molecule has 0 aliphatic rings. The first kappa shape index (κ1) is 27.1. The summed E-state index contributed by atoms with van der Waals surface area (Å²) in [6.07, 6.45) is 1.80. The van der Waals surface area contributed by atoms with Gasteiger partial charge in [0.1, 0.15) is 13.6 Å². The van der Waals surface area contributed by atoms with Crippen molar-refractivity contribution < 1.29 is 23.3 Å². The molecule has 172 valence electrons. The van der Waals surface area contributed by atoms with Gasteiger partial charge >= 0.3 is 0 Å². The predicted molar refractivity (Wildman–Crippen MR) is 124 cm³/mol. The van der Waals surface area contributed by atoms with E-state index < -0.39 is 16.1 Å². The van der Waals surface area contributed by atoms with E-state index in [1.54, 1.807) is 12.1 Å². The van der Waals surface area contributed by atoms with E-state index in [-0.39, 0.29) is 28.2 Å². The minimum absolute atomic E-state index is 0.0190. The lowest BCUT2D eigenvalue weighted by molar-refractivity contribution is -0.333. The van der Waals surface area contributed by atoms with Crippen LogP contribution >= 0.6 is 7.82 Å². The van der Waals surface area contributed by atoms with Gasteiger partial charge in [-0.3, -0.25) is 0 Å². The highest BCUT2D eigenvalue weighted by Gasteiger charge is 2.38. The minimum atomic E-state index is -5.25. The lowest BCUT2D eigenvalue weighted by Gasteiger charge is -2.39. The summed E-state index contributed by atoms with van der Waals surface area (Å²) in [7, 11) is -7.39. The molecular weight excluding hydrogens is 415 g/mol. The molecule has 0 heterocycles. The van der Waals surface area contributed by atoms with Crippen LogP contribution in [0.3, 0.4) is 0 Å². The number of phosphoric acid groups is 1.